The molecule has 1 aliphatic heterocycles. The highest BCUT2D eigenvalue weighted by Gasteiger charge is 2.26. The van der Waals surface area contributed by atoms with Gasteiger partial charge in [-0.1, -0.05) is 6.07 Å². The first-order chi connectivity index (χ1) is 12.6. The number of nitriles is 1. The predicted molar refractivity (Wildman–Crippen MR) is 96.0 cm³/mol. The van der Waals surface area contributed by atoms with Crippen LogP contribution in [0.1, 0.15) is 5.69 Å². The van der Waals surface area contributed by atoms with Crippen molar-refractivity contribution in [3.05, 3.63) is 54.4 Å². The van der Waals surface area contributed by atoms with Crippen LogP contribution in [0, 0.1) is 11.3 Å². The van der Waals surface area contributed by atoms with Gasteiger partial charge in [0.1, 0.15) is 11.8 Å². The number of anilines is 1. The van der Waals surface area contributed by atoms with Crippen LogP contribution < -0.4 is 5.43 Å². The standard InChI is InChI=1S/C17H17N5O3S/c18-13-17(16-3-1-2-8-19-16)21-20-14-4-6-15(7-5-14)26(23,24)22-9-11-25-12-10-22/h1-8,20H,9-12H2/b21-17-. The van der Waals surface area contributed by atoms with Crippen molar-refractivity contribution in [1.29, 1.82) is 5.26 Å². The minimum Gasteiger partial charge on any atom is -0.379 e. The summed E-state index contributed by atoms with van der Waals surface area (Å²) in [4.78, 5) is 4.28. The van der Waals surface area contributed by atoms with E-state index in [-0.39, 0.29) is 10.6 Å². The van der Waals surface area contributed by atoms with Crippen molar-refractivity contribution in [2.75, 3.05) is 31.7 Å². The van der Waals surface area contributed by atoms with Crippen molar-refractivity contribution < 1.29 is 13.2 Å². The Bertz CT molecular complexity index is 915. The van der Waals surface area contributed by atoms with Gasteiger partial charge in [-0.15, -0.1) is 0 Å². The molecule has 134 valence electrons. The summed E-state index contributed by atoms with van der Waals surface area (Å²) in [6, 6.07) is 13.4. The number of aromatic nitrogens is 1. The van der Waals surface area contributed by atoms with Gasteiger partial charge in [-0.05, 0) is 36.4 Å². The van der Waals surface area contributed by atoms with Crippen molar-refractivity contribution in [2.45, 2.75) is 4.90 Å². The van der Waals surface area contributed by atoms with Gasteiger partial charge in [-0.3, -0.25) is 10.4 Å². The second-order valence-corrected chi connectivity index (χ2v) is 7.38. The van der Waals surface area contributed by atoms with Gasteiger partial charge < -0.3 is 4.74 Å². The van der Waals surface area contributed by atoms with Crippen LogP contribution in [0.5, 0.6) is 0 Å². The summed E-state index contributed by atoms with van der Waals surface area (Å²) < 4.78 is 31.7. The lowest BCUT2D eigenvalue weighted by atomic mass is 10.2. The first kappa shape index (κ1) is 18.0. The summed E-state index contributed by atoms with van der Waals surface area (Å²) in [7, 11) is -3.53. The van der Waals surface area contributed by atoms with Crippen LogP contribution in [-0.2, 0) is 14.8 Å². The average molecular weight is 371 g/mol. The molecule has 1 aliphatic rings. The molecule has 1 saturated heterocycles. The maximum Gasteiger partial charge on any atom is 0.243 e. The lowest BCUT2D eigenvalue weighted by molar-refractivity contribution is 0.0730. The largest absolute Gasteiger partial charge is 0.379 e. The fraction of sp³-hybridized carbons (Fsp3) is 0.235. The smallest absolute Gasteiger partial charge is 0.243 e. The van der Waals surface area contributed by atoms with E-state index in [2.05, 4.69) is 15.5 Å². The van der Waals surface area contributed by atoms with E-state index in [4.69, 9.17) is 4.74 Å². The Balaban J connectivity index is 1.73. The Labute approximate surface area is 151 Å². The zero-order valence-electron chi connectivity index (χ0n) is 13.9. The predicted octanol–water partition coefficient (Wildman–Crippen LogP) is 1.44. The second kappa shape index (κ2) is 8.05. The fourth-order valence-corrected chi connectivity index (χ4v) is 3.81. The molecule has 9 heteroatoms. The van der Waals surface area contributed by atoms with Gasteiger partial charge >= 0.3 is 0 Å². The van der Waals surface area contributed by atoms with Crippen LogP contribution in [0.15, 0.2) is 58.7 Å². The fourth-order valence-electron chi connectivity index (χ4n) is 2.40. The number of benzene rings is 1. The highest BCUT2D eigenvalue weighted by Crippen LogP contribution is 2.19. The molecule has 0 spiro atoms. The minimum atomic E-state index is -3.53. The molecule has 0 unspecified atom stereocenters. The van der Waals surface area contributed by atoms with E-state index in [1.165, 1.54) is 16.4 Å². The molecule has 1 N–H and O–H groups in total. The van der Waals surface area contributed by atoms with Crippen molar-refractivity contribution >= 4 is 21.4 Å². The molecule has 1 fully saturated rings. The second-order valence-electron chi connectivity index (χ2n) is 5.44. The molecule has 0 bridgehead atoms. The molecular weight excluding hydrogens is 354 g/mol. The molecular formula is C17H17N5O3S. The van der Waals surface area contributed by atoms with Crippen LogP contribution in [0.3, 0.4) is 0 Å². The van der Waals surface area contributed by atoms with E-state index in [0.717, 1.165) is 0 Å². The monoisotopic (exact) mass is 371 g/mol. The Hall–Kier alpha value is -2.80. The Morgan fingerprint density at radius 1 is 1.19 bits per heavy atom. The van der Waals surface area contributed by atoms with E-state index in [1.807, 2.05) is 6.07 Å². The van der Waals surface area contributed by atoms with E-state index < -0.39 is 10.0 Å². The van der Waals surface area contributed by atoms with Gasteiger partial charge in [0.2, 0.25) is 10.0 Å². The molecule has 8 nitrogen and oxygen atoms in total. The third-order valence-electron chi connectivity index (χ3n) is 3.77. The number of hydrazone groups is 1. The number of morpholine rings is 1. The molecule has 26 heavy (non-hydrogen) atoms. The first-order valence-corrected chi connectivity index (χ1v) is 9.38. The number of pyridine rings is 1. The van der Waals surface area contributed by atoms with Gasteiger partial charge in [0, 0.05) is 19.3 Å². The Kier molecular flexibility index (Phi) is 5.58. The first-order valence-electron chi connectivity index (χ1n) is 7.94. The van der Waals surface area contributed by atoms with E-state index in [1.54, 1.807) is 36.5 Å². The molecule has 0 radical (unpaired) electrons. The molecule has 2 heterocycles. The summed E-state index contributed by atoms with van der Waals surface area (Å²) in [5.41, 5.74) is 3.90. The SMILES string of the molecule is N#C/C(=N/Nc1ccc(S(=O)(=O)N2CCOCC2)cc1)c1ccccn1. The van der Waals surface area contributed by atoms with Gasteiger partial charge in [-0.25, -0.2) is 8.42 Å². The van der Waals surface area contributed by atoms with Crippen molar-refractivity contribution in [1.82, 2.24) is 9.29 Å². The maximum absolute atomic E-state index is 12.6. The summed E-state index contributed by atoms with van der Waals surface area (Å²) in [6.45, 7) is 1.50. The van der Waals surface area contributed by atoms with E-state index >= 15 is 0 Å². The number of ether oxygens (including phenoxy) is 1. The molecule has 2 aromatic rings. The molecule has 0 saturated carbocycles. The summed E-state index contributed by atoms with van der Waals surface area (Å²) in [6.07, 6.45) is 1.58. The quantitative estimate of drug-likeness (QED) is 0.629. The summed E-state index contributed by atoms with van der Waals surface area (Å²) in [5.74, 6) is 0. The summed E-state index contributed by atoms with van der Waals surface area (Å²) in [5, 5.41) is 13.2. The molecule has 0 atom stereocenters. The normalized spacial score (nSPS) is 16.0. The zero-order chi connectivity index (χ0) is 18.4. The third-order valence-corrected chi connectivity index (χ3v) is 5.69. The van der Waals surface area contributed by atoms with Crippen molar-refractivity contribution in [2.24, 2.45) is 5.10 Å². The van der Waals surface area contributed by atoms with Crippen LogP contribution in [0.2, 0.25) is 0 Å². The maximum atomic E-state index is 12.6. The van der Waals surface area contributed by atoms with Crippen molar-refractivity contribution in [3.8, 4) is 6.07 Å². The zero-order valence-corrected chi connectivity index (χ0v) is 14.7. The van der Waals surface area contributed by atoms with Gasteiger partial charge in [0.15, 0.2) is 5.71 Å². The van der Waals surface area contributed by atoms with Crippen LogP contribution in [0.4, 0.5) is 5.69 Å². The third kappa shape index (κ3) is 4.05. The lowest BCUT2D eigenvalue weighted by Crippen LogP contribution is -2.40. The number of hydrogen-bond donors (Lipinski definition) is 1. The van der Waals surface area contributed by atoms with E-state index in [0.29, 0.717) is 37.7 Å². The number of sulfonamides is 1. The Morgan fingerprint density at radius 2 is 1.92 bits per heavy atom. The number of nitrogens with one attached hydrogen (secondary N) is 1. The molecule has 3 rings (SSSR count). The molecule has 1 aromatic heterocycles. The van der Waals surface area contributed by atoms with Gasteiger partial charge in [0.05, 0.1) is 23.8 Å². The summed E-state index contributed by atoms with van der Waals surface area (Å²) >= 11 is 0. The Morgan fingerprint density at radius 3 is 2.54 bits per heavy atom. The van der Waals surface area contributed by atoms with Crippen LogP contribution >= 0.6 is 0 Å². The highest BCUT2D eigenvalue weighted by molar-refractivity contribution is 7.89. The topological polar surface area (TPSA) is 108 Å². The minimum absolute atomic E-state index is 0.135. The molecule has 0 amide bonds. The number of rotatable bonds is 5. The van der Waals surface area contributed by atoms with Crippen LogP contribution in [-0.4, -0.2) is 49.7 Å². The van der Waals surface area contributed by atoms with Crippen LogP contribution in [0.25, 0.3) is 0 Å². The van der Waals surface area contributed by atoms with E-state index in [9.17, 15) is 13.7 Å². The van der Waals surface area contributed by atoms with Gasteiger partial charge in [-0.2, -0.15) is 14.7 Å². The number of hydrogen-bond acceptors (Lipinski definition) is 7. The number of nitrogens with zero attached hydrogens (tertiary/aromatic N) is 4. The average Bonchev–Trinajstić information content (AvgIpc) is 2.70. The lowest BCUT2D eigenvalue weighted by Gasteiger charge is -2.26. The van der Waals surface area contributed by atoms with Gasteiger partial charge in [0.25, 0.3) is 0 Å². The molecule has 1 aromatic carbocycles. The molecule has 0 aliphatic carbocycles. The van der Waals surface area contributed by atoms with Crippen molar-refractivity contribution in [3.63, 3.8) is 0 Å². The highest BCUT2D eigenvalue weighted by atomic mass is 32.2.